The van der Waals surface area contributed by atoms with Gasteiger partial charge in [0.25, 0.3) is 0 Å². The molecule has 0 spiro atoms. The predicted molar refractivity (Wildman–Crippen MR) is 181 cm³/mol. The molecule has 2 heterocycles. The second-order valence-electron chi connectivity index (χ2n) is 12.2. The van der Waals surface area contributed by atoms with Gasteiger partial charge in [-0.1, -0.05) is 51.9 Å². The van der Waals surface area contributed by atoms with E-state index in [2.05, 4.69) is 26.6 Å². The van der Waals surface area contributed by atoms with Crippen LogP contribution in [0.5, 0.6) is 0 Å². The molecule has 2 rings (SSSR count). The Kier molecular flexibility index (Phi) is 23.2. The SMILES string of the molecule is CCCCOC(=O)NCCCCCCNC(=O)N(CCCCCCNC(=O)OCC1CO1)C(=O)NCCCCCCNC(=O)OCC1CO1. The Labute approximate surface area is 290 Å². The van der Waals surface area contributed by atoms with Crippen LogP contribution in [0, 0.1) is 0 Å². The molecule has 16 nitrogen and oxygen atoms in total. The lowest BCUT2D eigenvalue weighted by molar-refractivity contribution is 0.135. The molecule has 0 aliphatic carbocycles. The minimum Gasteiger partial charge on any atom is -0.450 e. The molecule has 0 aromatic carbocycles. The predicted octanol–water partition coefficient (Wildman–Crippen LogP) is 4.17. The van der Waals surface area contributed by atoms with Crippen molar-refractivity contribution in [2.45, 2.75) is 109 Å². The van der Waals surface area contributed by atoms with Gasteiger partial charge in [0, 0.05) is 39.3 Å². The largest absolute Gasteiger partial charge is 0.450 e. The van der Waals surface area contributed by atoms with Crippen molar-refractivity contribution >= 4 is 30.3 Å². The number of ether oxygens (including phenoxy) is 5. The standard InChI is InChI=1S/C33H60N6O10/c1-2-3-22-45-31(42)36-18-12-6-4-10-16-34-29(40)39(21-15-9-8-14-20-38-33(44)49-26-28-24-47-28)30(41)35-17-11-5-7-13-19-37-32(43)48-25-27-23-46-27/h27-28H,2-26H2,1H3,(H,34,40)(H,35,41)(H,36,42)(H,37,43)(H,38,44). The van der Waals surface area contributed by atoms with Crippen LogP contribution in [-0.4, -0.2) is 120 Å². The smallest absolute Gasteiger partial charge is 0.407 e. The number of carbonyl (C=O) groups is 5. The number of imide groups is 1. The van der Waals surface area contributed by atoms with E-state index in [1.54, 1.807) is 0 Å². The summed E-state index contributed by atoms with van der Waals surface area (Å²) in [5, 5.41) is 13.9. The molecule has 5 N–H and O–H groups in total. The fourth-order valence-corrected chi connectivity index (χ4v) is 4.53. The van der Waals surface area contributed by atoms with Gasteiger partial charge in [-0.3, -0.25) is 0 Å². The molecular formula is C33H60N6O10. The number of alkyl carbamates (subject to hydrolysis) is 3. The molecule has 49 heavy (non-hydrogen) atoms. The number of nitrogens with one attached hydrogen (secondary N) is 5. The summed E-state index contributed by atoms with van der Waals surface area (Å²) in [5.41, 5.74) is 0. The molecular weight excluding hydrogens is 640 g/mol. The second kappa shape index (κ2) is 27.3. The first-order chi connectivity index (χ1) is 23.9. The van der Waals surface area contributed by atoms with Crippen molar-refractivity contribution in [1.82, 2.24) is 31.5 Å². The van der Waals surface area contributed by atoms with E-state index in [-0.39, 0.29) is 38.1 Å². The summed E-state index contributed by atoms with van der Waals surface area (Å²) in [7, 11) is 0. The molecule has 282 valence electrons. The minimum atomic E-state index is -0.453. The number of nitrogens with zero attached hydrogens (tertiary/aromatic N) is 1. The van der Waals surface area contributed by atoms with Crippen LogP contribution in [0.25, 0.3) is 0 Å². The van der Waals surface area contributed by atoms with E-state index >= 15 is 0 Å². The van der Waals surface area contributed by atoms with Gasteiger partial charge in [0.1, 0.15) is 25.4 Å². The molecule has 2 unspecified atom stereocenters. The number of rotatable bonds is 28. The lowest BCUT2D eigenvalue weighted by atomic mass is 10.2. The fourth-order valence-electron chi connectivity index (χ4n) is 4.53. The maximum atomic E-state index is 13.0. The maximum Gasteiger partial charge on any atom is 0.407 e. The van der Waals surface area contributed by atoms with Crippen LogP contribution in [0.1, 0.15) is 96.8 Å². The molecule has 2 fully saturated rings. The van der Waals surface area contributed by atoms with Crippen LogP contribution in [0.3, 0.4) is 0 Å². The van der Waals surface area contributed by atoms with Crippen molar-refractivity contribution in [2.24, 2.45) is 0 Å². The van der Waals surface area contributed by atoms with Gasteiger partial charge in [-0.05, 0) is 44.9 Å². The van der Waals surface area contributed by atoms with Crippen LogP contribution >= 0.6 is 0 Å². The van der Waals surface area contributed by atoms with Crippen LogP contribution in [-0.2, 0) is 23.7 Å². The van der Waals surface area contributed by atoms with Gasteiger partial charge in [0.15, 0.2) is 0 Å². The highest BCUT2D eigenvalue weighted by Crippen LogP contribution is 2.09. The summed E-state index contributed by atoms with van der Waals surface area (Å²) in [6, 6.07) is -0.855. The highest BCUT2D eigenvalue weighted by atomic mass is 16.6. The molecule has 2 aliphatic heterocycles. The lowest BCUT2D eigenvalue weighted by Gasteiger charge is -2.22. The Morgan fingerprint density at radius 3 is 1.29 bits per heavy atom. The van der Waals surface area contributed by atoms with E-state index in [1.165, 1.54) is 4.90 Å². The monoisotopic (exact) mass is 700 g/mol. The Morgan fingerprint density at radius 1 is 0.531 bits per heavy atom. The number of hydrogen-bond donors (Lipinski definition) is 5. The highest BCUT2D eigenvalue weighted by Gasteiger charge is 2.25. The van der Waals surface area contributed by atoms with E-state index in [9.17, 15) is 24.0 Å². The lowest BCUT2D eigenvalue weighted by Crippen LogP contribution is -2.49. The molecule has 0 aromatic rings. The van der Waals surface area contributed by atoms with Crippen molar-refractivity contribution in [3.63, 3.8) is 0 Å². The van der Waals surface area contributed by atoms with Crippen LogP contribution in [0.15, 0.2) is 0 Å². The Morgan fingerprint density at radius 2 is 0.898 bits per heavy atom. The number of unbranched alkanes of at least 4 members (excludes halogenated alkanes) is 10. The average molecular weight is 701 g/mol. The van der Waals surface area contributed by atoms with E-state index in [4.69, 9.17) is 23.7 Å². The third-order valence-electron chi connectivity index (χ3n) is 7.70. The van der Waals surface area contributed by atoms with E-state index in [0.29, 0.717) is 59.0 Å². The number of amides is 7. The topological polar surface area (TPSA) is 201 Å². The first kappa shape index (κ1) is 41.6. The van der Waals surface area contributed by atoms with Crippen LogP contribution in [0.4, 0.5) is 24.0 Å². The van der Waals surface area contributed by atoms with Crippen molar-refractivity contribution < 1.29 is 47.7 Å². The summed E-state index contributed by atoms with van der Waals surface area (Å²) in [5.74, 6) is 0. The quantitative estimate of drug-likeness (QED) is 0.0448. The summed E-state index contributed by atoms with van der Waals surface area (Å²) in [4.78, 5) is 62.0. The molecule has 2 saturated heterocycles. The van der Waals surface area contributed by atoms with Gasteiger partial charge in [-0.2, -0.15) is 0 Å². The Bertz CT molecular complexity index is 951. The second-order valence-corrected chi connectivity index (χ2v) is 12.2. The normalized spacial score (nSPS) is 15.8. The molecule has 16 heteroatoms. The molecule has 7 amide bonds. The number of carbonyl (C=O) groups excluding carboxylic acids is 5. The molecule has 0 radical (unpaired) electrons. The number of hydrogen-bond acceptors (Lipinski definition) is 10. The average Bonchev–Trinajstić information content (AvgIpc) is 4.02. The van der Waals surface area contributed by atoms with Gasteiger partial charge >= 0.3 is 30.3 Å². The van der Waals surface area contributed by atoms with Crippen molar-refractivity contribution in [2.75, 3.05) is 72.3 Å². The zero-order valence-corrected chi connectivity index (χ0v) is 29.4. The third-order valence-corrected chi connectivity index (χ3v) is 7.70. The van der Waals surface area contributed by atoms with Gasteiger partial charge in [-0.15, -0.1) is 0 Å². The fraction of sp³-hybridized carbons (Fsp3) is 0.848. The first-order valence-electron chi connectivity index (χ1n) is 18.2. The van der Waals surface area contributed by atoms with Crippen LogP contribution < -0.4 is 26.6 Å². The van der Waals surface area contributed by atoms with Crippen molar-refractivity contribution in [1.29, 1.82) is 0 Å². The van der Waals surface area contributed by atoms with Gasteiger partial charge in [-0.25, -0.2) is 28.9 Å². The third kappa shape index (κ3) is 24.3. The number of urea groups is 2. The zero-order valence-electron chi connectivity index (χ0n) is 29.4. The summed E-state index contributed by atoms with van der Waals surface area (Å²) in [6.07, 6.45) is 10.3. The highest BCUT2D eigenvalue weighted by molar-refractivity contribution is 5.93. The molecule has 2 atom stereocenters. The first-order valence-corrected chi connectivity index (χ1v) is 18.2. The van der Waals surface area contributed by atoms with E-state index in [0.717, 1.165) is 83.5 Å². The van der Waals surface area contributed by atoms with Crippen molar-refractivity contribution in [3.8, 4) is 0 Å². The minimum absolute atomic E-state index is 0.0309. The maximum absolute atomic E-state index is 13.0. The number of epoxide rings is 2. The summed E-state index contributed by atoms with van der Waals surface area (Å²) >= 11 is 0. The summed E-state index contributed by atoms with van der Waals surface area (Å²) < 4.78 is 25.2. The van der Waals surface area contributed by atoms with Crippen LogP contribution in [0.2, 0.25) is 0 Å². The molecule has 0 aromatic heterocycles. The molecule has 0 bridgehead atoms. The zero-order chi connectivity index (χ0) is 35.4. The van der Waals surface area contributed by atoms with Gasteiger partial charge in [0.2, 0.25) is 0 Å². The van der Waals surface area contributed by atoms with Gasteiger partial charge < -0.3 is 50.3 Å². The molecule has 0 saturated carbocycles. The summed E-state index contributed by atoms with van der Waals surface area (Å²) in [6.45, 7) is 7.01. The Hall–Kier alpha value is -3.53. The Balaban J connectivity index is 1.58. The van der Waals surface area contributed by atoms with Crippen molar-refractivity contribution in [3.05, 3.63) is 0 Å². The van der Waals surface area contributed by atoms with E-state index < -0.39 is 24.2 Å². The van der Waals surface area contributed by atoms with Gasteiger partial charge in [0.05, 0.1) is 19.8 Å². The van der Waals surface area contributed by atoms with E-state index in [1.807, 2.05) is 6.92 Å². The molecule has 2 aliphatic rings.